The largest absolute Gasteiger partial charge is 0.348 e. The number of piperidine rings is 1. The summed E-state index contributed by atoms with van der Waals surface area (Å²) in [5, 5.41) is 3.66. The molecule has 1 atom stereocenters. The molecule has 0 aliphatic carbocycles. The number of benzene rings is 2. The van der Waals surface area contributed by atoms with E-state index in [1.807, 2.05) is 31.2 Å². The van der Waals surface area contributed by atoms with Crippen LogP contribution in [0.15, 0.2) is 48.5 Å². The summed E-state index contributed by atoms with van der Waals surface area (Å²) < 4.78 is 0. The Hall–Kier alpha value is -2.33. The van der Waals surface area contributed by atoms with E-state index in [4.69, 9.17) is 11.6 Å². The number of rotatable bonds is 3. The molecule has 1 unspecified atom stereocenters. The molecule has 0 saturated carbocycles. The lowest BCUT2D eigenvalue weighted by molar-refractivity contribution is 0.0676. The second-order valence-corrected chi connectivity index (χ2v) is 6.87. The molecule has 1 fully saturated rings. The zero-order valence-corrected chi connectivity index (χ0v) is 14.9. The van der Waals surface area contributed by atoms with Crippen molar-refractivity contribution in [1.29, 1.82) is 0 Å². The molecule has 3 rings (SSSR count). The second-order valence-electron chi connectivity index (χ2n) is 6.44. The van der Waals surface area contributed by atoms with Crippen LogP contribution in [-0.2, 0) is 0 Å². The summed E-state index contributed by atoms with van der Waals surface area (Å²) in [5.41, 5.74) is 2.38. The monoisotopic (exact) mass is 356 g/mol. The fourth-order valence-corrected chi connectivity index (χ4v) is 3.15. The van der Waals surface area contributed by atoms with Crippen molar-refractivity contribution in [2.75, 3.05) is 13.1 Å². The van der Waals surface area contributed by atoms with Crippen LogP contribution in [0.4, 0.5) is 0 Å². The Labute approximate surface area is 152 Å². The molecule has 2 amide bonds. The molecular formula is C20H21ClN2O2. The van der Waals surface area contributed by atoms with Crippen molar-refractivity contribution in [3.8, 4) is 0 Å². The highest BCUT2D eigenvalue weighted by atomic mass is 35.5. The summed E-state index contributed by atoms with van der Waals surface area (Å²) in [7, 11) is 0. The highest BCUT2D eigenvalue weighted by Crippen LogP contribution is 2.16. The molecule has 0 radical (unpaired) electrons. The van der Waals surface area contributed by atoms with Gasteiger partial charge in [-0.1, -0.05) is 29.3 Å². The molecule has 25 heavy (non-hydrogen) atoms. The Morgan fingerprint density at radius 1 is 1.04 bits per heavy atom. The van der Waals surface area contributed by atoms with E-state index >= 15 is 0 Å². The van der Waals surface area contributed by atoms with E-state index in [9.17, 15) is 9.59 Å². The van der Waals surface area contributed by atoms with Crippen molar-refractivity contribution in [2.24, 2.45) is 0 Å². The third kappa shape index (κ3) is 4.40. The lowest BCUT2D eigenvalue weighted by atomic mass is 10.0. The van der Waals surface area contributed by atoms with E-state index in [2.05, 4.69) is 5.32 Å². The quantitative estimate of drug-likeness (QED) is 0.911. The molecule has 4 nitrogen and oxygen atoms in total. The van der Waals surface area contributed by atoms with Crippen LogP contribution in [0, 0.1) is 6.92 Å². The summed E-state index contributed by atoms with van der Waals surface area (Å²) in [5.74, 6) is -0.114. The number of hydrogen-bond donors (Lipinski definition) is 1. The van der Waals surface area contributed by atoms with Crippen LogP contribution in [0.5, 0.6) is 0 Å². The summed E-state index contributed by atoms with van der Waals surface area (Å²) in [6.07, 6.45) is 1.75. The minimum absolute atomic E-state index is 0.0223. The van der Waals surface area contributed by atoms with Crippen LogP contribution < -0.4 is 5.32 Å². The van der Waals surface area contributed by atoms with Gasteiger partial charge in [0.15, 0.2) is 0 Å². The number of likely N-dealkylation sites (tertiary alicyclic amines) is 1. The fourth-order valence-electron chi connectivity index (χ4n) is 3.03. The van der Waals surface area contributed by atoms with Crippen molar-refractivity contribution in [3.05, 3.63) is 70.2 Å². The molecule has 1 saturated heterocycles. The maximum atomic E-state index is 12.6. The van der Waals surface area contributed by atoms with Crippen molar-refractivity contribution < 1.29 is 9.59 Å². The van der Waals surface area contributed by atoms with E-state index in [1.54, 1.807) is 29.2 Å². The molecule has 0 spiro atoms. The number of carbonyl (C=O) groups is 2. The lowest BCUT2D eigenvalue weighted by Gasteiger charge is -2.33. The molecule has 130 valence electrons. The van der Waals surface area contributed by atoms with Gasteiger partial charge in [-0.25, -0.2) is 0 Å². The zero-order valence-electron chi connectivity index (χ0n) is 14.2. The van der Waals surface area contributed by atoms with Gasteiger partial charge in [0.25, 0.3) is 11.8 Å². The minimum Gasteiger partial charge on any atom is -0.348 e. The average Bonchev–Trinajstić information content (AvgIpc) is 2.62. The molecule has 1 heterocycles. The molecule has 0 bridgehead atoms. The van der Waals surface area contributed by atoms with Crippen molar-refractivity contribution in [2.45, 2.75) is 25.8 Å². The highest BCUT2D eigenvalue weighted by molar-refractivity contribution is 6.30. The zero-order chi connectivity index (χ0) is 17.8. The maximum absolute atomic E-state index is 12.6. The molecule has 1 aliphatic rings. The highest BCUT2D eigenvalue weighted by Gasteiger charge is 2.25. The average molecular weight is 357 g/mol. The Kier molecular flexibility index (Phi) is 5.39. The minimum atomic E-state index is -0.0919. The smallest absolute Gasteiger partial charge is 0.253 e. The number of nitrogens with zero attached hydrogens (tertiary/aromatic N) is 1. The normalized spacial score (nSPS) is 17.2. The topological polar surface area (TPSA) is 49.4 Å². The number of halogens is 1. The molecule has 1 N–H and O–H groups in total. The fraction of sp³-hybridized carbons (Fsp3) is 0.300. The molecule has 1 aliphatic heterocycles. The second kappa shape index (κ2) is 7.70. The van der Waals surface area contributed by atoms with E-state index in [0.717, 1.165) is 18.4 Å². The van der Waals surface area contributed by atoms with Crippen LogP contribution in [0.25, 0.3) is 0 Å². The van der Waals surface area contributed by atoms with Gasteiger partial charge < -0.3 is 10.2 Å². The Morgan fingerprint density at radius 2 is 1.68 bits per heavy atom. The van der Waals surface area contributed by atoms with E-state index in [1.165, 1.54) is 0 Å². The molecule has 2 aromatic rings. The van der Waals surface area contributed by atoms with Crippen LogP contribution in [0.3, 0.4) is 0 Å². The van der Waals surface area contributed by atoms with Crippen molar-refractivity contribution >= 4 is 23.4 Å². The van der Waals surface area contributed by atoms with Crippen LogP contribution in [0.1, 0.15) is 39.1 Å². The molecule has 2 aromatic carbocycles. The first-order chi connectivity index (χ1) is 12.0. The molecule has 0 aromatic heterocycles. The maximum Gasteiger partial charge on any atom is 0.253 e. The summed E-state index contributed by atoms with van der Waals surface area (Å²) in [6.45, 7) is 3.22. The molecule has 5 heteroatoms. The number of hydrogen-bond acceptors (Lipinski definition) is 2. The van der Waals surface area contributed by atoms with E-state index < -0.39 is 0 Å². The standard InChI is InChI=1S/C20H21ClN2O2/c1-14-4-6-15(7-5-14)19(24)22-18-3-2-12-23(13-18)20(25)16-8-10-17(21)11-9-16/h4-11,18H,2-3,12-13H2,1H3,(H,22,24). The Bertz CT molecular complexity index is 756. The lowest BCUT2D eigenvalue weighted by Crippen LogP contribution is -2.49. The summed E-state index contributed by atoms with van der Waals surface area (Å²) in [6, 6.07) is 14.4. The number of carbonyl (C=O) groups excluding carboxylic acids is 2. The van der Waals surface area contributed by atoms with E-state index in [0.29, 0.717) is 29.2 Å². The first-order valence-corrected chi connectivity index (χ1v) is 8.83. The molecular weight excluding hydrogens is 336 g/mol. The van der Waals surface area contributed by atoms with E-state index in [-0.39, 0.29) is 17.9 Å². The van der Waals surface area contributed by atoms with Gasteiger partial charge in [-0.3, -0.25) is 9.59 Å². The van der Waals surface area contributed by atoms with Gasteiger partial charge in [-0.15, -0.1) is 0 Å². The van der Waals surface area contributed by atoms with Crippen molar-refractivity contribution in [1.82, 2.24) is 10.2 Å². The SMILES string of the molecule is Cc1ccc(C(=O)NC2CCCN(C(=O)c3ccc(Cl)cc3)C2)cc1. The van der Waals surface area contributed by atoms with Gasteiger partial charge in [-0.05, 0) is 56.2 Å². The van der Waals surface area contributed by atoms with Crippen LogP contribution >= 0.6 is 11.6 Å². The van der Waals surface area contributed by atoms with Gasteiger partial charge in [0.2, 0.25) is 0 Å². The van der Waals surface area contributed by atoms with Gasteiger partial charge in [-0.2, -0.15) is 0 Å². The first-order valence-electron chi connectivity index (χ1n) is 8.45. The first kappa shape index (κ1) is 17.5. The van der Waals surface area contributed by atoms with Crippen LogP contribution in [-0.4, -0.2) is 35.8 Å². The third-order valence-electron chi connectivity index (χ3n) is 4.45. The van der Waals surface area contributed by atoms with Crippen molar-refractivity contribution in [3.63, 3.8) is 0 Å². The predicted octanol–water partition coefficient (Wildman–Crippen LogP) is 3.68. The van der Waals surface area contributed by atoms with Gasteiger partial charge in [0.1, 0.15) is 0 Å². The number of amides is 2. The third-order valence-corrected chi connectivity index (χ3v) is 4.70. The van der Waals surface area contributed by atoms with Gasteiger partial charge >= 0.3 is 0 Å². The number of nitrogens with one attached hydrogen (secondary N) is 1. The van der Waals surface area contributed by atoms with Crippen LogP contribution in [0.2, 0.25) is 5.02 Å². The summed E-state index contributed by atoms with van der Waals surface area (Å²) in [4.78, 5) is 26.8. The Balaban J connectivity index is 1.62. The Morgan fingerprint density at radius 3 is 2.36 bits per heavy atom. The predicted molar refractivity (Wildman–Crippen MR) is 99.0 cm³/mol. The van der Waals surface area contributed by atoms with Gasteiger partial charge in [0, 0.05) is 35.3 Å². The summed E-state index contributed by atoms with van der Waals surface area (Å²) >= 11 is 5.88. The number of aryl methyl sites for hydroxylation is 1. The van der Waals surface area contributed by atoms with Gasteiger partial charge in [0.05, 0.1) is 0 Å².